The van der Waals surface area contributed by atoms with E-state index in [1.54, 1.807) is 6.92 Å². The third-order valence-corrected chi connectivity index (χ3v) is 6.81. The van der Waals surface area contributed by atoms with Crippen LogP contribution in [0.4, 0.5) is 29.0 Å². The lowest BCUT2D eigenvalue weighted by Gasteiger charge is -2.39. The van der Waals surface area contributed by atoms with Gasteiger partial charge in [0.15, 0.2) is 5.82 Å². The summed E-state index contributed by atoms with van der Waals surface area (Å²) < 4.78 is 0. The first-order valence-corrected chi connectivity index (χ1v) is 11.9. The van der Waals surface area contributed by atoms with Gasteiger partial charge in [-0.2, -0.15) is 10.2 Å². The molecule has 0 bridgehead atoms. The standard InChI is InChI=1S/C26H30N8O/c1-17-16-33(3)12-13-34(17)21-7-5-20(6-8-21)29-25-28-15-19(14-27)24(32-25)31-22-9-4-18-10-11-26(2,35)23(18)30-22/h4-9,15,17,35H,10-13,16H2,1-3H3,(H2,28,29,30,31,32)/t17-,26?/m0/s1. The molecule has 2 aromatic heterocycles. The van der Waals surface area contributed by atoms with E-state index in [2.05, 4.69) is 67.6 Å². The summed E-state index contributed by atoms with van der Waals surface area (Å²) >= 11 is 0. The quantitative estimate of drug-likeness (QED) is 0.515. The van der Waals surface area contributed by atoms with Crippen LogP contribution in [0.5, 0.6) is 0 Å². The number of hydrogen-bond acceptors (Lipinski definition) is 9. The molecule has 1 aromatic carbocycles. The molecule has 2 atom stereocenters. The number of nitrogens with zero attached hydrogens (tertiary/aromatic N) is 6. The van der Waals surface area contributed by atoms with Gasteiger partial charge in [0, 0.05) is 37.1 Å². The molecule has 1 fully saturated rings. The van der Waals surface area contributed by atoms with E-state index < -0.39 is 5.60 Å². The minimum Gasteiger partial charge on any atom is -0.384 e. The monoisotopic (exact) mass is 470 g/mol. The Morgan fingerprint density at radius 3 is 2.66 bits per heavy atom. The maximum Gasteiger partial charge on any atom is 0.229 e. The van der Waals surface area contributed by atoms with Crippen molar-refractivity contribution in [2.75, 3.05) is 42.2 Å². The molecule has 2 aliphatic rings. The smallest absolute Gasteiger partial charge is 0.229 e. The van der Waals surface area contributed by atoms with E-state index in [0.29, 0.717) is 41.3 Å². The molecule has 0 radical (unpaired) electrons. The molecule has 35 heavy (non-hydrogen) atoms. The number of likely N-dealkylation sites (N-methyl/N-ethyl adjacent to an activating group) is 1. The van der Waals surface area contributed by atoms with Gasteiger partial charge in [-0.1, -0.05) is 6.07 Å². The molecule has 1 aliphatic heterocycles. The van der Waals surface area contributed by atoms with Crippen molar-refractivity contribution in [2.24, 2.45) is 0 Å². The third kappa shape index (κ3) is 4.76. The topological polar surface area (TPSA) is 113 Å². The van der Waals surface area contributed by atoms with Crippen LogP contribution in [0.2, 0.25) is 0 Å². The number of fused-ring (bicyclic) bond motifs is 1. The van der Waals surface area contributed by atoms with Crippen LogP contribution in [0, 0.1) is 11.3 Å². The third-order valence-electron chi connectivity index (χ3n) is 6.81. The normalized spacial score (nSPS) is 21.9. The second-order valence-electron chi connectivity index (χ2n) is 9.65. The highest BCUT2D eigenvalue weighted by Gasteiger charge is 2.33. The Hall–Kier alpha value is -3.74. The zero-order valence-electron chi connectivity index (χ0n) is 20.3. The highest BCUT2D eigenvalue weighted by Crippen LogP contribution is 2.36. The molecule has 3 N–H and O–H groups in total. The Balaban J connectivity index is 1.33. The Morgan fingerprint density at radius 2 is 1.91 bits per heavy atom. The summed E-state index contributed by atoms with van der Waals surface area (Å²) in [6.45, 7) is 7.13. The first-order valence-electron chi connectivity index (χ1n) is 11.9. The zero-order valence-corrected chi connectivity index (χ0v) is 20.3. The average molecular weight is 471 g/mol. The van der Waals surface area contributed by atoms with Gasteiger partial charge in [-0.05, 0) is 69.6 Å². The Bertz CT molecular complexity index is 1270. The summed E-state index contributed by atoms with van der Waals surface area (Å²) in [5.41, 5.74) is 3.13. The molecular formula is C26H30N8O. The lowest BCUT2D eigenvalue weighted by Crippen LogP contribution is -2.50. The van der Waals surface area contributed by atoms with Gasteiger partial charge in [0.25, 0.3) is 0 Å². The minimum absolute atomic E-state index is 0.309. The average Bonchev–Trinajstić information content (AvgIpc) is 3.14. The lowest BCUT2D eigenvalue weighted by atomic mass is 10.0. The number of benzene rings is 1. The van der Waals surface area contributed by atoms with E-state index in [0.717, 1.165) is 37.3 Å². The van der Waals surface area contributed by atoms with Gasteiger partial charge in [-0.15, -0.1) is 0 Å². The van der Waals surface area contributed by atoms with E-state index in [4.69, 9.17) is 0 Å². The number of piperazine rings is 1. The van der Waals surface area contributed by atoms with Crippen LogP contribution >= 0.6 is 0 Å². The second kappa shape index (κ2) is 9.13. The van der Waals surface area contributed by atoms with Crippen molar-refractivity contribution in [1.82, 2.24) is 19.9 Å². The number of anilines is 5. The molecule has 3 heterocycles. The highest BCUT2D eigenvalue weighted by atomic mass is 16.3. The maximum atomic E-state index is 10.6. The van der Waals surface area contributed by atoms with Gasteiger partial charge in [0.05, 0.1) is 11.9 Å². The van der Waals surface area contributed by atoms with E-state index in [9.17, 15) is 10.4 Å². The SMILES string of the molecule is C[C@H]1CN(C)CCN1c1ccc(Nc2ncc(C#N)c(Nc3ccc4c(n3)C(C)(O)CC4)n2)cc1. The lowest BCUT2D eigenvalue weighted by molar-refractivity contribution is 0.0555. The van der Waals surface area contributed by atoms with Crippen molar-refractivity contribution in [3.05, 3.63) is 59.4 Å². The van der Waals surface area contributed by atoms with Crippen molar-refractivity contribution in [2.45, 2.75) is 38.3 Å². The molecule has 180 valence electrons. The Morgan fingerprint density at radius 1 is 1.11 bits per heavy atom. The largest absolute Gasteiger partial charge is 0.384 e. The summed E-state index contributed by atoms with van der Waals surface area (Å²) in [6, 6.07) is 14.6. The molecule has 5 rings (SSSR count). The number of aromatic nitrogens is 3. The van der Waals surface area contributed by atoms with Crippen LogP contribution in [0.3, 0.4) is 0 Å². The van der Waals surface area contributed by atoms with Crippen LogP contribution < -0.4 is 15.5 Å². The van der Waals surface area contributed by atoms with E-state index in [1.165, 1.54) is 11.9 Å². The summed E-state index contributed by atoms with van der Waals surface area (Å²) in [6.07, 6.45) is 2.94. The first-order chi connectivity index (χ1) is 16.8. The van der Waals surface area contributed by atoms with E-state index >= 15 is 0 Å². The molecule has 9 heteroatoms. The van der Waals surface area contributed by atoms with Gasteiger partial charge < -0.3 is 25.5 Å². The number of aliphatic hydroxyl groups is 1. The molecular weight excluding hydrogens is 440 g/mol. The molecule has 1 aliphatic carbocycles. The summed E-state index contributed by atoms with van der Waals surface area (Å²) in [5.74, 6) is 1.26. The minimum atomic E-state index is -0.947. The number of nitriles is 1. The Labute approximate surface area is 205 Å². The number of hydrogen-bond donors (Lipinski definition) is 3. The maximum absolute atomic E-state index is 10.6. The second-order valence-corrected chi connectivity index (χ2v) is 9.65. The van der Waals surface area contributed by atoms with Crippen LogP contribution in [0.25, 0.3) is 0 Å². The summed E-state index contributed by atoms with van der Waals surface area (Å²) in [4.78, 5) is 18.2. The first kappa shape index (κ1) is 23.0. The van der Waals surface area contributed by atoms with Crippen molar-refractivity contribution < 1.29 is 5.11 Å². The highest BCUT2D eigenvalue weighted by molar-refractivity contribution is 5.65. The molecule has 0 spiro atoms. The predicted octanol–water partition coefficient (Wildman–Crippen LogP) is 3.52. The van der Waals surface area contributed by atoms with Crippen molar-refractivity contribution in [1.29, 1.82) is 5.26 Å². The van der Waals surface area contributed by atoms with Gasteiger partial charge in [-0.25, -0.2) is 9.97 Å². The van der Waals surface area contributed by atoms with Gasteiger partial charge >= 0.3 is 0 Å². The van der Waals surface area contributed by atoms with Gasteiger partial charge in [-0.3, -0.25) is 0 Å². The molecule has 3 aromatic rings. The fraction of sp³-hybridized carbons (Fsp3) is 0.385. The number of nitrogens with one attached hydrogen (secondary N) is 2. The van der Waals surface area contributed by atoms with Crippen LogP contribution in [0.15, 0.2) is 42.6 Å². The van der Waals surface area contributed by atoms with Crippen molar-refractivity contribution in [3.8, 4) is 6.07 Å². The van der Waals surface area contributed by atoms with Gasteiger partial charge in [0.1, 0.15) is 23.1 Å². The molecule has 0 amide bonds. The molecule has 9 nitrogen and oxygen atoms in total. The zero-order chi connectivity index (χ0) is 24.6. The van der Waals surface area contributed by atoms with Crippen molar-refractivity contribution >= 4 is 29.0 Å². The van der Waals surface area contributed by atoms with Crippen LogP contribution in [-0.2, 0) is 12.0 Å². The summed E-state index contributed by atoms with van der Waals surface area (Å²) in [5, 5.41) is 26.5. The number of aryl methyl sites for hydroxylation is 1. The van der Waals surface area contributed by atoms with Crippen molar-refractivity contribution in [3.63, 3.8) is 0 Å². The number of pyridine rings is 1. The fourth-order valence-corrected chi connectivity index (χ4v) is 4.85. The molecule has 1 unspecified atom stereocenters. The predicted molar refractivity (Wildman–Crippen MR) is 136 cm³/mol. The number of rotatable bonds is 5. The molecule has 0 saturated carbocycles. The fourth-order valence-electron chi connectivity index (χ4n) is 4.85. The van der Waals surface area contributed by atoms with Crippen LogP contribution in [-0.4, -0.2) is 57.7 Å². The van der Waals surface area contributed by atoms with E-state index in [1.807, 2.05) is 24.3 Å². The van der Waals surface area contributed by atoms with E-state index in [-0.39, 0.29) is 0 Å². The van der Waals surface area contributed by atoms with Gasteiger partial charge in [0.2, 0.25) is 5.95 Å². The summed E-state index contributed by atoms with van der Waals surface area (Å²) in [7, 11) is 2.16. The molecule has 1 saturated heterocycles. The Kier molecular flexibility index (Phi) is 6.01. The van der Waals surface area contributed by atoms with Crippen LogP contribution in [0.1, 0.15) is 37.1 Å².